The van der Waals surface area contributed by atoms with E-state index < -0.39 is 10.9 Å². The minimum absolute atomic E-state index is 0.0321. The van der Waals surface area contributed by atoms with Crippen LogP contribution in [0.1, 0.15) is 54.1 Å². The molecule has 1 aromatic heterocycles. The van der Waals surface area contributed by atoms with Gasteiger partial charge in [-0.2, -0.15) is 0 Å². The lowest BCUT2D eigenvalue weighted by molar-refractivity contribution is 0.0661. The van der Waals surface area contributed by atoms with Gasteiger partial charge < -0.3 is 30.0 Å². The third kappa shape index (κ3) is 4.51. The predicted octanol–water partition coefficient (Wildman–Crippen LogP) is 4.02. The second kappa shape index (κ2) is 9.54. The van der Waals surface area contributed by atoms with Crippen molar-refractivity contribution in [3.8, 4) is 5.75 Å². The molecule has 1 saturated carbocycles. The van der Waals surface area contributed by atoms with Crippen molar-refractivity contribution in [2.45, 2.75) is 39.2 Å². The first-order valence-corrected chi connectivity index (χ1v) is 12.9. The summed E-state index contributed by atoms with van der Waals surface area (Å²) in [5.41, 5.74) is -1.20. The van der Waals surface area contributed by atoms with Gasteiger partial charge >= 0.3 is 0 Å². The van der Waals surface area contributed by atoms with Gasteiger partial charge in [-0.3, -0.25) is 14.4 Å². The Hall–Kier alpha value is -3.30. The maximum absolute atomic E-state index is 13.2. The lowest BCUT2D eigenvalue weighted by Crippen LogP contribution is -2.47. The quantitative estimate of drug-likeness (QED) is 0.312. The highest BCUT2D eigenvalue weighted by molar-refractivity contribution is 6.34. The zero-order valence-corrected chi connectivity index (χ0v) is 21.9. The van der Waals surface area contributed by atoms with Crippen LogP contribution in [-0.4, -0.2) is 54.0 Å². The highest BCUT2D eigenvalue weighted by atomic mass is 35.5. The third-order valence-electron chi connectivity index (χ3n) is 7.83. The number of halogens is 1. The molecule has 1 aliphatic heterocycles. The molecule has 37 heavy (non-hydrogen) atoms. The molecule has 0 bridgehead atoms. The van der Waals surface area contributed by atoms with Crippen molar-refractivity contribution in [2.75, 3.05) is 43.9 Å². The van der Waals surface area contributed by atoms with Crippen LogP contribution in [0.15, 0.2) is 38.3 Å². The molecule has 3 aromatic rings. The molecule has 1 amide bonds. The van der Waals surface area contributed by atoms with Gasteiger partial charge in [-0.15, -0.1) is 0 Å². The van der Waals surface area contributed by atoms with E-state index >= 15 is 0 Å². The van der Waals surface area contributed by atoms with Crippen LogP contribution < -0.4 is 21.5 Å². The fourth-order valence-electron chi connectivity index (χ4n) is 5.19. The Labute approximate surface area is 219 Å². The lowest BCUT2D eigenvalue weighted by atomic mass is 9.65. The summed E-state index contributed by atoms with van der Waals surface area (Å²) in [5, 5.41) is 17.3. The number of furan rings is 1. The van der Waals surface area contributed by atoms with Gasteiger partial charge in [0.15, 0.2) is 5.75 Å². The molecule has 2 aromatic carbocycles. The monoisotopic (exact) mass is 526 g/mol. The van der Waals surface area contributed by atoms with E-state index in [1.807, 2.05) is 26.1 Å². The smallest absolute Gasteiger partial charge is 0.259 e. The van der Waals surface area contributed by atoms with Crippen molar-refractivity contribution < 1.29 is 14.3 Å². The van der Waals surface area contributed by atoms with E-state index in [0.29, 0.717) is 18.8 Å². The summed E-state index contributed by atoms with van der Waals surface area (Å²) >= 11 is 6.32. The molecule has 3 N–H and O–H groups in total. The maximum atomic E-state index is 13.2. The van der Waals surface area contributed by atoms with Gasteiger partial charge in [0.1, 0.15) is 28.5 Å². The molecule has 9 nitrogen and oxygen atoms in total. The van der Waals surface area contributed by atoms with Crippen LogP contribution in [0.5, 0.6) is 5.75 Å². The Balaban J connectivity index is 1.43. The summed E-state index contributed by atoms with van der Waals surface area (Å²) in [7, 11) is 1.98. The second-order valence-electron chi connectivity index (χ2n) is 10.5. The van der Waals surface area contributed by atoms with Crippen LogP contribution in [0.4, 0.5) is 17.1 Å². The Bertz CT molecular complexity index is 1410. The molecule has 10 heteroatoms. The van der Waals surface area contributed by atoms with E-state index in [0.717, 1.165) is 38.1 Å². The second-order valence-corrected chi connectivity index (χ2v) is 10.9. The number of rotatable bonds is 7. The highest BCUT2D eigenvalue weighted by Gasteiger charge is 2.43. The van der Waals surface area contributed by atoms with E-state index in [1.165, 1.54) is 12.1 Å². The van der Waals surface area contributed by atoms with Gasteiger partial charge in [0.2, 0.25) is 0 Å². The highest BCUT2D eigenvalue weighted by Crippen LogP contribution is 2.51. The van der Waals surface area contributed by atoms with Crippen LogP contribution >= 0.6 is 11.6 Å². The van der Waals surface area contributed by atoms with Crippen molar-refractivity contribution in [3.05, 3.63) is 66.8 Å². The molecule has 2 fully saturated rings. The van der Waals surface area contributed by atoms with Crippen molar-refractivity contribution in [1.29, 1.82) is 0 Å². The van der Waals surface area contributed by atoms with Crippen molar-refractivity contribution in [3.63, 3.8) is 0 Å². The van der Waals surface area contributed by atoms with Gasteiger partial charge in [-0.1, -0.05) is 24.9 Å². The number of likely N-dealkylation sites (N-methyl/N-ethyl adjacent to an activating group) is 1. The van der Waals surface area contributed by atoms with E-state index in [1.54, 1.807) is 4.90 Å². The number of phenolic OH excluding ortho intramolecular Hbond substituents is 1. The number of hydrogen-bond donors (Lipinski definition) is 3. The maximum Gasteiger partial charge on any atom is 0.259 e. The molecule has 2 aliphatic rings. The largest absolute Gasteiger partial charge is 0.505 e. The Morgan fingerprint density at radius 2 is 1.76 bits per heavy atom. The number of phenols is 1. The number of benzene rings is 1. The zero-order valence-electron chi connectivity index (χ0n) is 21.2. The summed E-state index contributed by atoms with van der Waals surface area (Å²) in [4.78, 5) is 42.2. The van der Waals surface area contributed by atoms with Gasteiger partial charge in [0.25, 0.3) is 16.8 Å². The molecule has 2 heterocycles. The van der Waals surface area contributed by atoms with Gasteiger partial charge in [0, 0.05) is 26.2 Å². The summed E-state index contributed by atoms with van der Waals surface area (Å²) in [6.07, 6.45) is 2.99. The van der Waals surface area contributed by atoms with Crippen LogP contribution in [0.2, 0.25) is 5.02 Å². The molecular formula is C27H31ClN4O5. The first-order chi connectivity index (χ1) is 17.6. The SMILES string of the molecule is Cc1ccc([C@H](Nc2c(Nc3ccc(Cl)c(C(=O)N4CCN(C)CC4)c3O)c(=O)c2=O)C2(C)CCC2)o1. The number of aromatic hydroxyl groups is 1. The van der Waals surface area contributed by atoms with Crippen molar-refractivity contribution in [2.24, 2.45) is 5.41 Å². The number of nitrogens with one attached hydrogen (secondary N) is 2. The number of anilines is 3. The Morgan fingerprint density at radius 1 is 1.08 bits per heavy atom. The van der Waals surface area contributed by atoms with Gasteiger partial charge in [-0.25, -0.2) is 0 Å². The molecule has 1 saturated heterocycles. The molecule has 0 radical (unpaired) electrons. The predicted molar refractivity (Wildman–Crippen MR) is 143 cm³/mol. The van der Waals surface area contributed by atoms with Gasteiger partial charge in [-0.05, 0) is 56.5 Å². The molecular weight excluding hydrogens is 496 g/mol. The van der Waals surface area contributed by atoms with Crippen LogP contribution in [0.25, 0.3) is 0 Å². The number of hydrogen-bond acceptors (Lipinski definition) is 8. The molecule has 196 valence electrons. The number of amides is 1. The zero-order chi connectivity index (χ0) is 26.5. The van der Waals surface area contributed by atoms with Crippen LogP contribution in [0.3, 0.4) is 0 Å². The minimum atomic E-state index is -0.697. The van der Waals surface area contributed by atoms with Crippen molar-refractivity contribution in [1.82, 2.24) is 9.80 Å². The fourth-order valence-corrected chi connectivity index (χ4v) is 5.42. The first kappa shape index (κ1) is 25.4. The third-order valence-corrected chi connectivity index (χ3v) is 8.14. The van der Waals surface area contributed by atoms with Crippen LogP contribution in [0, 0.1) is 12.3 Å². The summed E-state index contributed by atoms with van der Waals surface area (Å²) in [5.74, 6) is 0.720. The van der Waals surface area contributed by atoms with Crippen molar-refractivity contribution >= 4 is 34.6 Å². The average molecular weight is 527 g/mol. The number of piperazine rings is 1. The number of aryl methyl sites for hydroxylation is 1. The molecule has 0 spiro atoms. The fraction of sp³-hybridized carbons (Fsp3) is 0.444. The summed E-state index contributed by atoms with van der Waals surface area (Å²) < 4.78 is 5.89. The summed E-state index contributed by atoms with van der Waals surface area (Å²) in [6, 6.07) is 6.44. The van der Waals surface area contributed by atoms with E-state index in [2.05, 4.69) is 22.5 Å². The lowest BCUT2D eigenvalue weighted by Gasteiger charge is -2.44. The normalized spacial score (nSPS) is 18.4. The number of carbonyl (C=O) groups is 1. The first-order valence-electron chi connectivity index (χ1n) is 12.5. The molecule has 0 unspecified atom stereocenters. The topological polar surface area (TPSA) is 115 Å². The Kier molecular flexibility index (Phi) is 6.53. The standard InChI is InChI=1S/C27H31ClN4O5/c1-15-5-8-18(37-15)25(27(2)9-4-10-27)30-21-20(23(34)24(21)35)29-17-7-6-16(28)19(22(17)33)26(36)32-13-11-31(3)12-14-32/h5-8,25,29-30,33H,4,9-14H2,1-3H3/t25-/m0/s1. The van der Waals surface area contributed by atoms with Gasteiger partial charge in [0.05, 0.1) is 16.8 Å². The summed E-state index contributed by atoms with van der Waals surface area (Å²) in [6.45, 7) is 6.46. The average Bonchev–Trinajstić information content (AvgIpc) is 3.29. The minimum Gasteiger partial charge on any atom is -0.505 e. The molecule has 5 rings (SSSR count). The van der Waals surface area contributed by atoms with E-state index in [9.17, 15) is 19.5 Å². The molecule has 1 atom stereocenters. The molecule has 1 aliphatic carbocycles. The van der Waals surface area contributed by atoms with Crippen LogP contribution in [-0.2, 0) is 0 Å². The number of carbonyl (C=O) groups excluding carboxylic acids is 1. The Morgan fingerprint density at radius 3 is 2.35 bits per heavy atom. The number of nitrogens with zero attached hydrogens (tertiary/aromatic N) is 2. The van der Waals surface area contributed by atoms with E-state index in [4.69, 9.17) is 16.0 Å². The van der Waals surface area contributed by atoms with E-state index in [-0.39, 0.29) is 50.8 Å².